The van der Waals surface area contributed by atoms with E-state index in [1.807, 2.05) is 0 Å². The van der Waals surface area contributed by atoms with Crippen LogP contribution in [0.15, 0.2) is 0 Å². The zero-order valence-electron chi connectivity index (χ0n) is 19.7. The zero-order chi connectivity index (χ0) is 22.7. The van der Waals surface area contributed by atoms with Crippen molar-refractivity contribution in [1.82, 2.24) is 6.15 Å². The number of esters is 2. The van der Waals surface area contributed by atoms with Gasteiger partial charge in [-0.2, -0.15) is 0 Å². The van der Waals surface area contributed by atoms with Crippen LogP contribution >= 0.6 is 7.82 Å². The quantitative estimate of drug-likeness (QED) is 0.0703. The molecule has 0 spiro atoms. The summed E-state index contributed by atoms with van der Waals surface area (Å²) in [5.41, 5.74) is 0. The number of carbonyl (C=O) groups excluding carboxylic acids is 2. The molecular formula is C21H40NNa2O8P. The summed E-state index contributed by atoms with van der Waals surface area (Å²) in [4.78, 5) is 44.7. The van der Waals surface area contributed by atoms with E-state index in [4.69, 9.17) is 9.47 Å². The van der Waals surface area contributed by atoms with Crippen LogP contribution < -0.4 is 75.1 Å². The Morgan fingerprint density at radius 2 is 1.52 bits per heavy atom. The second kappa shape index (κ2) is 25.9. The van der Waals surface area contributed by atoms with Crippen molar-refractivity contribution < 1.29 is 107 Å². The van der Waals surface area contributed by atoms with Gasteiger partial charge in [0.15, 0.2) is 6.10 Å². The molecule has 0 aliphatic heterocycles. The Bertz CT molecular complexity index is 886. The van der Waals surface area contributed by atoms with Gasteiger partial charge >= 0.3 is 71.1 Å². The van der Waals surface area contributed by atoms with Gasteiger partial charge in [-0.25, -0.2) is 4.79 Å². The summed E-state index contributed by atoms with van der Waals surface area (Å²) in [5, 5.41) is 0. The monoisotopic (exact) mass is 511 g/mol. The molecule has 0 radical (unpaired) electrons. The van der Waals surface area contributed by atoms with E-state index in [0.29, 0.717) is 6.42 Å². The number of phosphoric acid groups is 1. The fourth-order valence-electron chi connectivity index (χ4n) is 1.88. The van der Waals surface area contributed by atoms with E-state index in [0.717, 1.165) is 25.7 Å². The third-order valence-corrected chi connectivity index (χ3v) is 3.67. The molecule has 0 aromatic heterocycles. The molecule has 0 aliphatic carbocycles. The number of unbranched alkanes of at least 4 members (excludes halogenated alkanes) is 4. The largest absolute Gasteiger partial charge is 1.00 e. The van der Waals surface area contributed by atoms with Crippen molar-refractivity contribution in [2.24, 2.45) is 0 Å². The first kappa shape index (κ1) is 39.5. The van der Waals surface area contributed by atoms with Crippen molar-refractivity contribution in [3.63, 3.8) is 0 Å². The number of hydrogen-bond acceptors (Lipinski definition) is 9. The van der Waals surface area contributed by atoms with E-state index in [1.54, 1.807) is 6.92 Å². The Morgan fingerprint density at radius 1 is 0.939 bits per heavy atom. The summed E-state index contributed by atoms with van der Waals surface area (Å²) in [6, 6.07) is 0. The minimum atomic E-state index is -5.28. The first-order chi connectivity index (χ1) is 14.3. The Labute approximate surface area is 250 Å². The number of carbonyl (C=O) groups is 2. The maximum absolute atomic E-state index is 11.9. The van der Waals surface area contributed by atoms with E-state index in [9.17, 15) is 23.9 Å². The molecule has 12 heteroatoms. The fourth-order valence-corrected chi connectivity index (χ4v) is 2.23. The maximum atomic E-state index is 11.9. The normalized spacial score (nSPS) is 9.45. The second-order valence-corrected chi connectivity index (χ2v) is 6.90. The molecule has 0 amide bonds. The van der Waals surface area contributed by atoms with Crippen LogP contribution in [0.5, 0.6) is 0 Å². The van der Waals surface area contributed by atoms with Gasteiger partial charge in [0, 0.05) is 22.3 Å². The van der Waals surface area contributed by atoms with Gasteiger partial charge in [0.25, 0.3) is 0 Å². The van der Waals surface area contributed by atoms with Gasteiger partial charge in [-0.3, -0.25) is 4.79 Å². The third kappa shape index (κ3) is 29.2. The molecule has 0 saturated carbocycles. The number of rotatable bonds is 12. The third-order valence-electron chi connectivity index (χ3n) is 3.20. The topological polar surface area (TPSA) is 160 Å². The Morgan fingerprint density at radius 3 is 2.09 bits per heavy atom. The van der Waals surface area contributed by atoms with E-state index in [1.165, 1.54) is 0 Å². The number of ether oxygens (including phenoxy) is 2. The Kier molecular flexibility index (Phi) is 30.9. The maximum Gasteiger partial charge on any atom is 1.00 e. The second-order valence-electron chi connectivity index (χ2n) is 5.74. The van der Waals surface area contributed by atoms with E-state index in [2.05, 4.69) is 58.8 Å². The summed E-state index contributed by atoms with van der Waals surface area (Å²) in [5.74, 6) is 17.1. The zero-order valence-corrected chi connectivity index (χ0v) is 24.5. The fraction of sp³-hybridized carbons (Fsp3) is 0.524. The molecule has 0 unspecified atom stereocenters. The van der Waals surface area contributed by atoms with Crippen molar-refractivity contribution in [2.75, 3.05) is 13.2 Å². The minimum Gasteiger partial charge on any atom is -0.790 e. The molecule has 0 aromatic carbocycles. The molecule has 1 atom stereocenters. The first-order valence-corrected chi connectivity index (χ1v) is 10.7. The van der Waals surface area contributed by atoms with Crippen molar-refractivity contribution >= 4 is 19.8 Å². The van der Waals surface area contributed by atoms with Gasteiger partial charge in [0.05, 0.1) is 14.4 Å². The van der Waals surface area contributed by atoms with E-state index < -0.39 is 39.1 Å². The Hall–Kier alpha value is -0.750. The van der Waals surface area contributed by atoms with Crippen molar-refractivity contribution in [3.8, 4) is 47.4 Å². The molecule has 0 aliphatic rings. The van der Waals surface area contributed by atoms with Gasteiger partial charge in [-0.1, -0.05) is 38.5 Å². The average molecular weight is 512 g/mol. The van der Waals surface area contributed by atoms with Crippen LogP contribution in [0.1, 0.15) is 62.4 Å². The smallest absolute Gasteiger partial charge is 0.790 e. The summed E-state index contributed by atoms with van der Waals surface area (Å²) in [6.07, 6.45) is 3.41. The first-order valence-electron chi connectivity index (χ1n) is 9.24. The standard InChI is InChI=1S/C21H25O8P.H3N.2Na.7H2/c1-3-5-7-9-10-12-13-15-20(22)27-17-19(18-28-30(24,25)26)29-21(23)16-14-11-8-6-4-2;;;;;;;;;;/h19H,4,6,8,11,14,16-18H2,1-2H3,(H2,24,25,26);1H3;;;7*1H/q;;2*+1;;;;;;;/p-2/t19-;;;;;;;;;;/m0........../s1. The molecule has 0 rings (SSSR count). The van der Waals surface area contributed by atoms with Gasteiger partial charge in [-0.05, 0) is 48.9 Å². The van der Waals surface area contributed by atoms with E-state index >= 15 is 0 Å². The summed E-state index contributed by atoms with van der Waals surface area (Å²) < 4.78 is 24.6. The molecule has 0 saturated heterocycles. The molecule has 0 bridgehead atoms. The predicted molar refractivity (Wildman–Crippen MR) is 124 cm³/mol. The molecule has 3 N–H and O–H groups in total. The van der Waals surface area contributed by atoms with Gasteiger partial charge in [0.1, 0.15) is 6.61 Å². The average Bonchev–Trinajstić information content (AvgIpc) is 2.68. The van der Waals surface area contributed by atoms with Crippen molar-refractivity contribution in [1.29, 1.82) is 0 Å². The number of hydrogen-bond donors (Lipinski definition) is 1. The van der Waals surface area contributed by atoms with Crippen molar-refractivity contribution in [2.45, 2.75) is 58.5 Å². The van der Waals surface area contributed by atoms with Crippen LogP contribution in [0.2, 0.25) is 0 Å². The molecule has 184 valence electrons. The van der Waals surface area contributed by atoms with Gasteiger partial charge in [-0.15, -0.1) is 0 Å². The minimum absolute atomic E-state index is 0. The van der Waals surface area contributed by atoms with Gasteiger partial charge < -0.3 is 34.5 Å². The van der Waals surface area contributed by atoms with Crippen LogP contribution in [0.4, 0.5) is 0 Å². The van der Waals surface area contributed by atoms with Crippen LogP contribution in [0.25, 0.3) is 0 Å². The number of phosphoric ester groups is 1. The predicted octanol–water partition coefficient (Wildman–Crippen LogP) is -3.43. The molecule has 9 nitrogen and oxygen atoms in total. The molecule has 0 heterocycles. The molecule has 0 aromatic rings. The van der Waals surface area contributed by atoms with Crippen LogP contribution in [0.3, 0.4) is 0 Å². The van der Waals surface area contributed by atoms with Crippen LogP contribution in [0, 0.1) is 47.4 Å². The molecular weight excluding hydrogens is 471 g/mol. The van der Waals surface area contributed by atoms with E-state index in [-0.39, 0.29) is 81.7 Å². The summed E-state index contributed by atoms with van der Waals surface area (Å²) >= 11 is 0. The Balaban J connectivity index is -0.0000000934. The molecule has 33 heavy (non-hydrogen) atoms. The van der Waals surface area contributed by atoms with Gasteiger partial charge in [0.2, 0.25) is 0 Å². The molecule has 0 fully saturated rings. The van der Waals surface area contributed by atoms with Crippen LogP contribution in [-0.2, 0) is 28.2 Å². The SMILES string of the molecule is CC#CC#CC#CC#CC(=O)OC[C@@H](COP(=O)([O-])[O-])OC(=O)CCCCCCC.N.[HH].[HH].[HH].[HH].[HH].[HH].[HH].[Na+].[Na+]. The van der Waals surface area contributed by atoms with Crippen molar-refractivity contribution in [3.05, 3.63) is 0 Å². The summed E-state index contributed by atoms with van der Waals surface area (Å²) in [6.45, 7) is 2.39. The summed E-state index contributed by atoms with van der Waals surface area (Å²) in [7, 11) is -5.28. The van der Waals surface area contributed by atoms with Crippen LogP contribution in [-0.4, -0.2) is 31.3 Å².